The standard InChI is InChI=1S/C15H21FIN/c1-2-11-4-3-5-13(8-6-11)18-15-9-7-12(16)10-14(15)17/h7,9-11,13,18H,2-6,8H2,1H3. The summed E-state index contributed by atoms with van der Waals surface area (Å²) < 4.78 is 14.0. The lowest BCUT2D eigenvalue weighted by atomic mass is 9.98. The van der Waals surface area contributed by atoms with Gasteiger partial charge in [0.1, 0.15) is 5.82 Å². The van der Waals surface area contributed by atoms with Crippen molar-refractivity contribution in [3.8, 4) is 0 Å². The van der Waals surface area contributed by atoms with Gasteiger partial charge in [0.15, 0.2) is 0 Å². The van der Waals surface area contributed by atoms with Gasteiger partial charge in [-0.15, -0.1) is 0 Å². The summed E-state index contributed by atoms with van der Waals surface area (Å²) in [5.41, 5.74) is 1.08. The zero-order chi connectivity index (χ0) is 13.0. The maximum atomic E-state index is 13.1. The van der Waals surface area contributed by atoms with E-state index in [-0.39, 0.29) is 5.82 Å². The van der Waals surface area contributed by atoms with Crippen molar-refractivity contribution in [3.63, 3.8) is 0 Å². The van der Waals surface area contributed by atoms with Gasteiger partial charge in [0, 0.05) is 15.3 Å². The summed E-state index contributed by atoms with van der Waals surface area (Å²) in [7, 11) is 0. The normalized spacial score (nSPS) is 24.6. The zero-order valence-electron chi connectivity index (χ0n) is 10.9. The fourth-order valence-electron chi connectivity index (χ4n) is 2.76. The Bertz CT molecular complexity index is 394. The van der Waals surface area contributed by atoms with Crippen LogP contribution in [-0.4, -0.2) is 6.04 Å². The van der Waals surface area contributed by atoms with Crippen molar-refractivity contribution in [3.05, 3.63) is 27.6 Å². The first-order valence-corrected chi connectivity index (χ1v) is 7.98. The second-order valence-electron chi connectivity index (χ2n) is 5.25. The van der Waals surface area contributed by atoms with E-state index in [0.717, 1.165) is 15.2 Å². The van der Waals surface area contributed by atoms with Crippen LogP contribution in [0.2, 0.25) is 0 Å². The zero-order valence-corrected chi connectivity index (χ0v) is 13.0. The summed E-state index contributed by atoms with van der Waals surface area (Å²) >= 11 is 2.20. The molecule has 0 radical (unpaired) electrons. The molecule has 18 heavy (non-hydrogen) atoms. The summed E-state index contributed by atoms with van der Waals surface area (Å²) in [5.74, 6) is 0.751. The van der Waals surface area contributed by atoms with Crippen molar-refractivity contribution in [1.82, 2.24) is 0 Å². The topological polar surface area (TPSA) is 12.0 Å². The predicted molar refractivity (Wildman–Crippen MR) is 83.4 cm³/mol. The van der Waals surface area contributed by atoms with Crippen LogP contribution in [-0.2, 0) is 0 Å². The van der Waals surface area contributed by atoms with Gasteiger partial charge in [-0.3, -0.25) is 0 Å². The van der Waals surface area contributed by atoms with Gasteiger partial charge in [-0.25, -0.2) is 4.39 Å². The predicted octanol–water partition coefficient (Wildman–Crippen LogP) is 5.20. The van der Waals surface area contributed by atoms with Crippen molar-refractivity contribution in [2.75, 3.05) is 5.32 Å². The largest absolute Gasteiger partial charge is 0.381 e. The molecule has 1 N–H and O–H groups in total. The highest BCUT2D eigenvalue weighted by atomic mass is 127. The van der Waals surface area contributed by atoms with Gasteiger partial charge >= 0.3 is 0 Å². The van der Waals surface area contributed by atoms with E-state index in [9.17, 15) is 4.39 Å². The molecule has 0 amide bonds. The Morgan fingerprint density at radius 1 is 1.28 bits per heavy atom. The number of benzene rings is 1. The monoisotopic (exact) mass is 361 g/mol. The SMILES string of the molecule is CCC1CCCC(Nc2ccc(F)cc2I)CC1. The number of halogens is 2. The van der Waals surface area contributed by atoms with Crippen LogP contribution in [0, 0.1) is 15.3 Å². The molecule has 0 spiro atoms. The van der Waals surface area contributed by atoms with E-state index >= 15 is 0 Å². The lowest BCUT2D eigenvalue weighted by Crippen LogP contribution is -2.19. The third kappa shape index (κ3) is 3.84. The molecule has 1 saturated carbocycles. The molecule has 2 rings (SSSR count). The molecule has 1 aromatic rings. The summed E-state index contributed by atoms with van der Waals surface area (Å²) in [6.45, 7) is 2.29. The number of nitrogens with one attached hydrogen (secondary N) is 1. The highest BCUT2D eigenvalue weighted by Gasteiger charge is 2.18. The summed E-state index contributed by atoms with van der Waals surface area (Å²) in [4.78, 5) is 0. The molecular formula is C15H21FIN. The molecule has 2 atom stereocenters. The van der Waals surface area contributed by atoms with Gasteiger partial charge < -0.3 is 5.32 Å². The summed E-state index contributed by atoms with van der Waals surface area (Å²) in [6.07, 6.45) is 7.80. The van der Waals surface area contributed by atoms with Crippen molar-refractivity contribution >= 4 is 28.3 Å². The quantitative estimate of drug-likeness (QED) is 0.576. The Morgan fingerprint density at radius 2 is 2.11 bits per heavy atom. The van der Waals surface area contributed by atoms with Gasteiger partial charge in [-0.05, 0) is 66.0 Å². The highest BCUT2D eigenvalue weighted by Crippen LogP contribution is 2.28. The average Bonchev–Trinajstić information content (AvgIpc) is 2.58. The first-order valence-electron chi connectivity index (χ1n) is 6.90. The third-order valence-electron chi connectivity index (χ3n) is 3.96. The van der Waals surface area contributed by atoms with E-state index in [1.165, 1.54) is 44.6 Å². The van der Waals surface area contributed by atoms with Crippen LogP contribution in [0.15, 0.2) is 18.2 Å². The second kappa shape index (κ2) is 6.73. The van der Waals surface area contributed by atoms with Crippen molar-refractivity contribution in [1.29, 1.82) is 0 Å². The molecule has 0 saturated heterocycles. The maximum Gasteiger partial charge on any atom is 0.124 e. The van der Waals surface area contributed by atoms with Crippen LogP contribution in [0.4, 0.5) is 10.1 Å². The smallest absolute Gasteiger partial charge is 0.124 e. The van der Waals surface area contributed by atoms with E-state index in [2.05, 4.69) is 34.8 Å². The first-order chi connectivity index (χ1) is 8.69. The van der Waals surface area contributed by atoms with E-state index < -0.39 is 0 Å². The lowest BCUT2D eigenvalue weighted by Gasteiger charge is -2.19. The molecule has 0 heterocycles. The second-order valence-corrected chi connectivity index (χ2v) is 6.41. The molecule has 0 aromatic heterocycles. The van der Waals surface area contributed by atoms with Gasteiger partial charge in [0.2, 0.25) is 0 Å². The minimum atomic E-state index is -0.156. The van der Waals surface area contributed by atoms with Crippen LogP contribution in [0.1, 0.15) is 45.4 Å². The summed E-state index contributed by atoms with van der Waals surface area (Å²) in [6, 6.07) is 5.55. The van der Waals surface area contributed by atoms with Crippen molar-refractivity contribution in [2.24, 2.45) is 5.92 Å². The minimum absolute atomic E-state index is 0.156. The van der Waals surface area contributed by atoms with Crippen LogP contribution < -0.4 is 5.32 Å². The van der Waals surface area contributed by atoms with Crippen molar-refractivity contribution < 1.29 is 4.39 Å². The molecule has 2 unspecified atom stereocenters. The number of rotatable bonds is 3. The lowest BCUT2D eigenvalue weighted by molar-refractivity contribution is 0.444. The van der Waals surface area contributed by atoms with E-state index in [0.29, 0.717) is 6.04 Å². The Balaban J connectivity index is 1.96. The molecule has 1 nitrogen and oxygen atoms in total. The molecule has 1 aliphatic carbocycles. The average molecular weight is 361 g/mol. The van der Waals surface area contributed by atoms with Crippen molar-refractivity contribution in [2.45, 2.75) is 51.5 Å². The molecule has 100 valence electrons. The Hall–Kier alpha value is -0.320. The van der Waals surface area contributed by atoms with E-state index in [1.807, 2.05) is 6.07 Å². The van der Waals surface area contributed by atoms with Gasteiger partial charge in [0.05, 0.1) is 0 Å². The molecule has 0 bridgehead atoms. The van der Waals surface area contributed by atoms with Crippen LogP contribution >= 0.6 is 22.6 Å². The van der Waals surface area contributed by atoms with Gasteiger partial charge in [-0.1, -0.05) is 26.2 Å². The minimum Gasteiger partial charge on any atom is -0.381 e. The third-order valence-corrected chi connectivity index (χ3v) is 4.85. The van der Waals surface area contributed by atoms with Gasteiger partial charge in [-0.2, -0.15) is 0 Å². The fraction of sp³-hybridized carbons (Fsp3) is 0.600. The maximum absolute atomic E-state index is 13.1. The van der Waals surface area contributed by atoms with Crippen LogP contribution in [0.25, 0.3) is 0 Å². The molecule has 0 aliphatic heterocycles. The van der Waals surface area contributed by atoms with E-state index in [1.54, 1.807) is 6.07 Å². The Morgan fingerprint density at radius 3 is 2.83 bits per heavy atom. The molecular weight excluding hydrogens is 340 g/mol. The molecule has 3 heteroatoms. The highest BCUT2D eigenvalue weighted by molar-refractivity contribution is 14.1. The molecule has 1 fully saturated rings. The molecule has 1 aliphatic rings. The van der Waals surface area contributed by atoms with E-state index in [4.69, 9.17) is 0 Å². The van der Waals surface area contributed by atoms with Crippen LogP contribution in [0.5, 0.6) is 0 Å². The Kier molecular flexibility index (Phi) is 5.27. The number of hydrogen-bond acceptors (Lipinski definition) is 1. The number of hydrogen-bond donors (Lipinski definition) is 1. The first kappa shape index (κ1) is 14.1. The van der Waals surface area contributed by atoms with Crippen LogP contribution in [0.3, 0.4) is 0 Å². The van der Waals surface area contributed by atoms with Gasteiger partial charge in [0.25, 0.3) is 0 Å². The molecule has 1 aromatic carbocycles. The summed E-state index contributed by atoms with van der Waals surface area (Å²) in [5, 5.41) is 3.59. The fourth-order valence-corrected chi connectivity index (χ4v) is 3.39. The number of anilines is 1. The Labute approximate surface area is 123 Å².